The molecule has 2 aromatic rings. The molecule has 3 heteroatoms. The Labute approximate surface area is 139 Å². The van der Waals surface area contributed by atoms with Gasteiger partial charge in [0.05, 0.1) is 6.54 Å². The molecule has 0 radical (unpaired) electrons. The van der Waals surface area contributed by atoms with E-state index in [2.05, 4.69) is 62.5 Å². The molecule has 0 fully saturated rings. The van der Waals surface area contributed by atoms with Crippen molar-refractivity contribution in [3.8, 4) is 0 Å². The standard InChI is InChI=1S/C20H26N2O/c1-15(2)18-9-11-19(12-10-18)21-20(23)14-22(4)13-17-7-5-16(3)6-8-17/h5-12,15H,13-14H2,1-4H3,(H,21,23). The Bertz CT molecular complexity index is 630. The largest absolute Gasteiger partial charge is 0.325 e. The van der Waals surface area contributed by atoms with E-state index in [1.165, 1.54) is 16.7 Å². The molecule has 1 N–H and O–H groups in total. The molecule has 0 saturated heterocycles. The average Bonchev–Trinajstić information content (AvgIpc) is 2.50. The molecule has 0 spiro atoms. The van der Waals surface area contributed by atoms with Gasteiger partial charge in [0.2, 0.25) is 5.91 Å². The monoisotopic (exact) mass is 310 g/mol. The molecule has 2 aromatic carbocycles. The van der Waals surface area contributed by atoms with Crippen LogP contribution in [-0.2, 0) is 11.3 Å². The van der Waals surface area contributed by atoms with Gasteiger partial charge in [-0.15, -0.1) is 0 Å². The summed E-state index contributed by atoms with van der Waals surface area (Å²) >= 11 is 0. The first-order chi connectivity index (χ1) is 10.9. The highest BCUT2D eigenvalue weighted by atomic mass is 16.2. The van der Waals surface area contributed by atoms with Gasteiger partial charge >= 0.3 is 0 Å². The average molecular weight is 310 g/mol. The maximum Gasteiger partial charge on any atom is 0.238 e. The summed E-state index contributed by atoms with van der Waals surface area (Å²) in [5.41, 5.74) is 4.59. The van der Waals surface area contributed by atoms with Crippen molar-refractivity contribution in [2.24, 2.45) is 0 Å². The normalized spacial score (nSPS) is 11.0. The molecular weight excluding hydrogens is 284 g/mol. The second kappa shape index (κ2) is 7.93. The van der Waals surface area contributed by atoms with Crippen molar-refractivity contribution in [2.45, 2.75) is 33.2 Å². The summed E-state index contributed by atoms with van der Waals surface area (Å²) in [5.74, 6) is 0.511. The van der Waals surface area contributed by atoms with E-state index in [0.717, 1.165) is 12.2 Å². The Hall–Kier alpha value is -2.13. The van der Waals surface area contributed by atoms with Crippen LogP contribution in [0, 0.1) is 6.92 Å². The van der Waals surface area contributed by atoms with Crippen LogP contribution in [0.4, 0.5) is 5.69 Å². The summed E-state index contributed by atoms with van der Waals surface area (Å²) in [6.07, 6.45) is 0. The highest BCUT2D eigenvalue weighted by Crippen LogP contribution is 2.17. The lowest BCUT2D eigenvalue weighted by Gasteiger charge is -2.16. The highest BCUT2D eigenvalue weighted by molar-refractivity contribution is 5.92. The Morgan fingerprint density at radius 3 is 2.22 bits per heavy atom. The van der Waals surface area contributed by atoms with Crippen LogP contribution < -0.4 is 5.32 Å². The number of nitrogens with zero attached hydrogens (tertiary/aromatic N) is 1. The number of carbonyl (C=O) groups is 1. The lowest BCUT2D eigenvalue weighted by Crippen LogP contribution is -2.29. The zero-order valence-electron chi connectivity index (χ0n) is 14.5. The van der Waals surface area contributed by atoms with Gasteiger partial charge in [-0.25, -0.2) is 0 Å². The fraction of sp³-hybridized carbons (Fsp3) is 0.350. The van der Waals surface area contributed by atoms with E-state index in [1.54, 1.807) is 0 Å². The van der Waals surface area contributed by atoms with Crippen LogP contribution in [0.5, 0.6) is 0 Å². The summed E-state index contributed by atoms with van der Waals surface area (Å²) in [4.78, 5) is 14.1. The van der Waals surface area contributed by atoms with Crippen molar-refractivity contribution in [2.75, 3.05) is 18.9 Å². The van der Waals surface area contributed by atoms with Gasteiger partial charge in [-0.3, -0.25) is 9.69 Å². The topological polar surface area (TPSA) is 32.3 Å². The first-order valence-corrected chi connectivity index (χ1v) is 8.08. The molecule has 0 bridgehead atoms. The van der Waals surface area contributed by atoms with Crippen molar-refractivity contribution >= 4 is 11.6 Å². The van der Waals surface area contributed by atoms with Gasteiger partial charge in [0.1, 0.15) is 0 Å². The first-order valence-electron chi connectivity index (χ1n) is 8.08. The van der Waals surface area contributed by atoms with Gasteiger partial charge < -0.3 is 5.32 Å². The third-order valence-electron chi connectivity index (χ3n) is 3.85. The predicted octanol–water partition coefficient (Wildman–Crippen LogP) is 4.19. The number of anilines is 1. The summed E-state index contributed by atoms with van der Waals surface area (Å²) in [6, 6.07) is 16.5. The molecule has 2 rings (SSSR count). The van der Waals surface area contributed by atoms with E-state index in [1.807, 2.05) is 24.1 Å². The quantitative estimate of drug-likeness (QED) is 0.867. The second-order valence-corrected chi connectivity index (χ2v) is 6.48. The minimum absolute atomic E-state index is 0.0110. The lowest BCUT2D eigenvalue weighted by molar-refractivity contribution is -0.117. The van der Waals surface area contributed by atoms with Crippen molar-refractivity contribution < 1.29 is 4.79 Å². The van der Waals surface area contributed by atoms with E-state index in [-0.39, 0.29) is 5.91 Å². The summed E-state index contributed by atoms with van der Waals surface area (Å²) in [6.45, 7) is 7.53. The number of benzene rings is 2. The molecule has 0 atom stereocenters. The Kier molecular flexibility index (Phi) is 5.94. The zero-order chi connectivity index (χ0) is 16.8. The van der Waals surface area contributed by atoms with E-state index >= 15 is 0 Å². The van der Waals surface area contributed by atoms with Gasteiger partial charge in [0.25, 0.3) is 0 Å². The second-order valence-electron chi connectivity index (χ2n) is 6.48. The molecule has 0 aliphatic heterocycles. The number of amides is 1. The van der Waals surface area contributed by atoms with Crippen molar-refractivity contribution in [1.82, 2.24) is 4.90 Å². The Morgan fingerprint density at radius 2 is 1.65 bits per heavy atom. The zero-order valence-corrected chi connectivity index (χ0v) is 14.5. The number of hydrogen-bond donors (Lipinski definition) is 1. The number of nitrogens with one attached hydrogen (secondary N) is 1. The summed E-state index contributed by atoms with van der Waals surface area (Å²) in [5, 5.41) is 2.95. The third-order valence-corrected chi connectivity index (χ3v) is 3.85. The van der Waals surface area contributed by atoms with Crippen molar-refractivity contribution in [3.63, 3.8) is 0 Å². The minimum atomic E-state index is 0.0110. The number of likely N-dealkylation sites (N-methyl/N-ethyl adjacent to an activating group) is 1. The fourth-order valence-electron chi connectivity index (χ4n) is 2.46. The number of hydrogen-bond acceptors (Lipinski definition) is 2. The van der Waals surface area contributed by atoms with Crippen LogP contribution in [0.25, 0.3) is 0 Å². The number of aryl methyl sites for hydroxylation is 1. The molecule has 23 heavy (non-hydrogen) atoms. The van der Waals surface area contributed by atoms with E-state index in [0.29, 0.717) is 12.5 Å². The van der Waals surface area contributed by atoms with Gasteiger partial charge in [-0.1, -0.05) is 55.8 Å². The third kappa shape index (κ3) is 5.53. The lowest BCUT2D eigenvalue weighted by atomic mass is 10.0. The molecule has 122 valence electrons. The van der Waals surface area contributed by atoms with Crippen molar-refractivity contribution in [3.05, 3.63) is 65.2 Å². The molecule has 0 saturated carbocycles. The van der Waals surface area contributed by atoms with Gasteiger partial charge in [0, 0.05) is 12.2 Å². The molecule has 3 nitrogen and oxygen atoms in total. The smallest absolute Gasteiger partial charge is 0.238 e. The van der Waals surface area contributed by atoms with Gasteiger partial charge in [0.15, 0.2) is 0 Å². The van der Waals surface area contributed by atoms with E-state index in [4.69, 9.17) is 0 Å². The molecule has 1 amide bonds. The maximum absolute atomic E-state index is 12.1. The SMILES string of the molecule is Cc1ccc(CN(C)CC(=O)Nc2ccc(C(C)C)cc2)cc1. The molecule has 0 aromatic heterocycles. The van der Waals surface area contributed by atoms with Crippen LogP contribution in [0.1, 0.15) is 36.5 Å². The van der Waals surface area contributed by atoms with Crippen LogP contribution >= 0.6 is 0 Å². The Balaban J connectivity index is 1.84. The van der Waals surface area contributed by atoms with Crippen LogP contribution in [0.15, 0.2) is 48.5 Å². The van der Waals surface area contributed by atoms with E-state index in [9.17, 15) is 4.79 Å². The van der Waals surface area contributed by atoms with E-state index < -0.39 is 0 Å². The number of carbonyl (C=O) groups excluding carboxylic acids is 1. The molecule has 0 aliphatic rings. The van der Waals surface area contributed by atoms with Crippen LogP contribution in [0.3, 0.4) is 0 Å². The molecule has 0 heterocycles. The Morgan fingerprint density at radius 1 is 1.04 bits per heavy atom. The van der Waals surface area contributed by atoms with Crippen LogP contribution in [0.2, 0.25) is 0 Å². The first kappa shape index (κ1) is 17.2. The van der Waals surface area contributed by atoms with Crippen molar-refractivity contribution in [1.29, 1.82) is 0 Å². The van der Waals surface area contributed by atoms with Gasteiger partial charge in [-0.05, 0) is 43.1 Å². The van der Waals surface area contributed by atoms with Crippen LogP contribution in [-0.4, -0.2) is 24.4 Å². The fourth-order valence-corrected chi connectivity index (χ4v) is 2.46. The predicted molar refractivity (Wildman–Crippen MR) is 96.7 cm³/mol. The highest BCUT2D eigenvalue weighted by Gasteiger charge is 2.08. The summed E-state index contributed by atoms with van der Waals surface area (Å²) in [7, 11) is 1.96. The summed E-state index contributed by atoms with van der Waals surface area (Å²) < 4.78 is 0. The minimum Gasteiger partial charge on any atom is -0.325 e. The van der Waals surface area contributed by atoms with Gasteiger partial charge in [-0.2, -0.15) is 0 Å². The molecule has 0 aliphatic carbocycles. The molecule has 0 unspecified atom stereocenters. The molecular formula is C20H26N2O. The number of rotatable bonds is 6. The maximum atomic E-state index is 12.1.